The zero-order chi connectivity index (χ0) is 12.7. The molecule has 1 aromatic carbocycles. The van der Waals surface area contributed by atoms with Crippen molar-refractivity contribution in [3.8, 4) is 11.3 Å². The number of carbonyl (C=O) groups is 1. The van der Waals surface area contributed by atoms with Gasteiger partial charge in [-0.25, -0.2) is 14.2 Å². The molecule has 0 amide bonds. The first-order valence-electron chi connectivity index (χ1n) is 5.11. The van der Waals surface area contributed by atoms with E-state index in [0.29, 0.717) is 10.7 Å². The van der Waals surface area contributed by atoms with Gasteiger partial charge in [0.2, 0.25) is 0 Å². The number of thiazole rings is 1. The number of fused-ring (bicyclic) bond motifs is 1. The molecule has 1 N–H and O–H groups in total. The van der Waals surface area contributed by atoms with Crippen LogP contribution in [0.2, 0.25) is 0 Å². The van der Waals surface area contributed by atoms with Crippen molar-refractivity contribution in [3.63, 3.8) is 0 Å². The topological polar surface area (TPSA) is 54.6 Å². The molecule has 2 aromatic heterocycles. The molecular weight excluding hydrogens is 255 g/mol. The van der Waals surface area contributed by atoms with Crippen LogP contribution >= 0.6 is 11.3 Å². The number of rotatable bonds is 2. The van der Waals surface area contributed by atoms with Crippen LogP contribution in [-0.2, 0) is 0 Å². The predicted octanol–water partition coefficient (Wildman–Crippen LogP) is 2.90. The van der Waals surface area contributed by atoms with Gasteiger partial charge >= 0.3 is 5.97 Å². The summed E-state index contributed by atoms with van der Waals surface area (Å²) in [7, 11) is 0. The van der Waals surface area contributed by atoms with Gasteiger partial charge in [0, 0.05) is 17.1 Å². The molecule has 0 radical (unpaired) electrons. The average Bonchev–Trinajstić information content (AvgIpc) is 2.88. The molecule has 3 rings (SSSR count). The number of halogens is 1. The van der Waals surface area contributed by atoms with E-state index in [-0.39, 0.29) is 11.5 Å². The van der Waals surface area contributed by atoms with Gasteiger partial charge in [0.05, 0.1) is 5.69 Å². The van der Waals surface area contributed by atoms with Crippen LogP contribution in [0.3, 0.4) is 0 Å². The zero-order valence-corrected chi connectivity index (χ0v) is 9.82. The van der Waals surface area contributed by atoms with Crippen LogP contribution in [0, 0.1) is 5.82 Å². The molecular formula is C12H7FN2O2S. The summed E-state index contributed by atoms with van der Waals surface area (Å²) in [5.74, 6) is -1.31. The number of carboxylic acid groups (broad SMARTS) is 1. The molecule has 90 valence electrons. The van der Waals surface area contributed by atoms with Crippen molar-refractivity contribution in [1.82, 2.24) is 9.38 Å². The minimum Gasteiger partial charge on any atom is -0.477 e. The maximum absolute atomic E-state index is 12.8. The fourth-order valence-corrected chi connectivity index (χ4v) is 2.54. The standard InChI is InChI=1S/C12H7FN2O2S/c13-8-3-1-7(2-4-8)9-5-15-10(11(16)17)6-18-12(15)14-9/h1-6H,(H,16,17). The van der Waals surface area contributed by atoms with E-state index in [2.05, 4.69) is 4.98 Å². The quantitative estimate of drug-likeness (QED) is 0.772. The lowest BCUT2D eigenvalue weighted by Gasteiger charge is -1.95. The molecule has 0 spiro atoms. The van der Waals surface area contributed by atoms with Gasteiger partial charge in [0.15, 0.2) is 4.96 Å². The van der Waals surface area contributed by atoms with E-state index in [9.17, 15) is 9.18 Å². The normalized spacial score (nSPS) is 10.9. The second-order valence-corrected chi connectivity index (χ2v) is 4.55. The van der Waals surface area contributed by atoms with E-state index in [1.165, 1.54) is 27.9 Å². The number of benzene rings is 1. The maximum Gasteiger partial charge on any atom is 0.353 e. The van der Waals surface area contributed by atoms with Crippen molar-refractivity contribution >= 4 is 22.3 Å². The molecule has 0 atom stereocenters. The lowest BCUT2D eigenvalue weighted by Crippen LogP contribution is -1.99. The van der Waals surface area contributed by atoms with Crippen molar-refractivity contribution in [2.75, 3.05) is 0 Å². The molecule has 18 heavy (non-hydrogen) atoms. The van der Waals surface area contributed by atoms with Gasteiger partial charge in [-0.05, 0) is 24.3 Å². The van der Waals surface area contributed by atoms with Gasteiger partial charge in [0.25, 0.3) is 0 Å². The first kappa shape index (κ1) is 10.9. The van der Waals surface area contributed by atoms with E-state index < -0.39 is 5.97 Å². The molecule has 0 aliphatic rings. The predicted molar refractivity (Wildman–Crippen MR) is 65.4 cm³/mol. The lowest BCUT2D eigenvalue weighted by molar-refractivity contribution is 0.0689. The smallest absolute Gasteiger partial charge is 0.353 e. The third-order valence-electron chi connectivity index (χ3n) is 2.57. The Morgan fingerprint density at radius 1 is 1.33 bits per heavy atom. The second kappa shape index (κ2) is 3.92. The summed E-state index contributed by atoms with van der Waals surface area (Å²) < 4.78 is 14.3. The highest BCUT2D eigenvalue weighted by atomic mass is 32.1. The number of nitrogens with zero attached hydrogens (tertiary/aromatic N) is 2. The highest BCUT2D eigenvalue weighted by Gasteiger charge is 2.13. The first-order valence-corrected chi connectivity index (χ1v) is 5.99. The van der Waals surface area contributed by atoms with E-state index in [0.717, 1.165) is 5.56 Å². The summed E-state index contributed by atoms with van der Waals surface area (Å²) in [6.45, 7) is 0. The van der Waals surface area contributed by atoms with Gasteiger partial charge in [-0.3, -0.25) is 4.40 Å². The molecule has 2 heterocycles. The van der Waals surface area contributed by atoms with Crippen LogP contribution in [0.25, 0.3) is 16.2 Å². The Hall–Kier alpha value is -2.21. The van der Waals surface area contributed by atoms with Crippen LogP contribution in [0.5, 0.6) is 0 Å². The summed E-state index contributed by atoms with van der Waals surface area (Å²) in [6, 6.07) is 5.92. The molecule has 0 saturated heterocycles. The largest absolute Gasteiger partial charge is 0.477 e. The first-order chi connectivity index (χ1) is 8.65. The summed E-state index contributed by atoms with van der Waals surface area (Å²) in [5, 5.41) is 10.5. The minimum absolute atomic E-state index is 0.177. The molecule has 0 fully saturated rings. The number of aromatic carboxylic acids is 1. The number of hydrogen-bond acceptors (Lipinski definition) is 3. The van der Waals surface area contributed by atoms with Gasteiger partial charge in [-0.2, -0.15) is 0 Å². The molecule has 0 aliphatic carbocycles. The minimum atomic E-state index is -0.996. The van der Waals surface area contributed by atoms with E-state index in [4.69, 9.17) is 5.11 Å². The van der Waals surface area contributed by atoms with Crippen molar-refractivity contribution in [2.45, 2.75) is 0 Å². The van der Waals surface area contributed by atoms with Crippen LogP contribution in [0.1, 0.15) is 10.5 Å². The summed E-state index contributed by atoms with van der Waals surface area (Å²) >= 11 is 1.26. The van der Waals surface area contributed by atoms with Crippen LogP contribution in [0.4, 0.5) is 4.39 Å². The molecule has 0 aliphatic heterocycles. The van der Waals surface area contributed by atoms with Crippen LogP contribution in [-0.4, -0.2) is 20.5 Å². The van der Waals surface area contributed by atoms with Crippen molar-refractivity contribution in [1.29, 1.82) is 0 Å². The summed E-state index contributed by atoms with van der Waals surface area (Å²) in [4.78, 5) is 15.9. The van der Waals surface area contributed by atoms with E-state index in [1.807, 2.05) is 0 Å². The molecule has 6 heteroatoms. The molecule has 0 bridgehead atoms. The average molecular weight is 262 g/mol. The molecule has 4 nitrogen and oxygen atoms in total. The van der Waals surface area contributed by atoms with Crippen molar-refractivity contribution < 1.29 is 14.3 Å². The van der Waals surface area contributed by atoms with Crippen molar-refractivity contribution in [3.05, 3.63) is 47.4 Å². The second-order valence-electron chi connectivity index (χ2n) is 3.71. The fourth-order valence-electron chi connectivity index (χ4n) is 1.70. The SMILES string of the molecule is O=C(O)c1csc2nc(-c3ccc(F)cc3)cn12. The van der Waals surface area contributed by atoms with E-state index in [1.54, 1.807) is 23.7 Å². The van der Waals surface area contributed by atoms with E-state index >= 15 is 0 Å². The maximum atomic E-state index is 12.8. The highest BCUT2D eigenvalue weighted by Crippen LogP contribution is 2.23. The zero-order valence-electron chi connectivity index (χ0n) is 9.00. The Morgan fingerprint density at radius 3 is 2.72 bits per heavy atom. The summed E-state index contributed by atoms with van der Waals surface area (Å²) in [5.41, 5.74) is 1.56. The molecule has 0 unspecified atom stereocenters. The molecule has 0 saturated carbocycles. The number of imidazole rings is 1. The Labute approximate surface area is 105 Å². The monoisotopic (exact) mass is 262 g/mol. The lowest BCUT2D eigenvalue weighted by atomic mass is 10.2. The van der Waals surface area contributed by atoms with Gasteiger partial charge in [-0.15, -0.1) is 11.3 Å². The Balaban J connectivity index is 2.13. The van der Waals surface area contributed by atoms with Crippen LogP contribution < -0.4 is 0 Å². The summed E-state index contributed by atoms with van der Waals surface area (Å²) in [6.07, 6.45) is 1.64. The van der Waals surface area contributed by atoms with Crippen LogP contribution in [0.15, 0.2) is 35.8 Å². The van der Waals surface area contributed by atoms with Crippen molar-refractivity contribution in [2.24, 2.45) is 0 Å². The highest BCUT2D eigenvalue weighted by molar-refractivity contribution is 7.15. The number of aromatic nitrogens is 2. The Kier molecular flexibility index (Phi) is 2.38. The number of carboxylic acids is 1. The van der Waals surface area contributed by atoms with Gasteiger partial charge in [0.1, 0.15) is 11.5 Å². The Bertz CT molecular complexity index is 730. The fraction of sp³-hybridized carbons (Fsp3) is 0. The third-order valence-corrected chi connectivity index (χ3v) is 3.41. The van der Waals surface area contributed by atoms with Gasteiger partial charge < -0.3 is 5.11 Å². The Morgan fingerprint density at radius 2 is 2.06 bits per heavy atom. The number of hydrogen-bond donors (Lipinski definition) is 1. The van der Waals surface area contributed by atoms with Gasteiger partial charge in [-0.1, -0.05) is 0 Å². The third kappa shape index (κ3) is 1.67. The molecule has 3 aromatic rings.